The Hall–Kier alpha value is -1.11. The van der Waals surface area contributed by atoms with Crippen molar-refractivity contribution >= 4 is 6.29 Å². The molecule has 15 heavy (non-hydrogen) atoms. The van der Waals surface area contributed by atoms with Gasteiger partial charge in [0.15, 0.2) is 0 Å². The quantitative estimate of drug-likeness (QED) is 0.277. The predicted molar refractivity (Wildman–Crippen MR) is 66.8 cm³/mol. The molecule has 0 rings (SSSR count). The fraction of sp³-hybridized carbons (Fsp3) is 0.500. The van der Waals surface area contributed by atoms with Gasteiger partial charge in [0.05, 0.1) is 0 Å². The van der Waals surface area contributed by atoms with E-state index in [0.29, 0.717) is 5.92 Å². The minimum Gasteiger partial charge on any atom is -0.298 e. The number of rotatable bonds is 6. The zero-order valence-corrected chi connectivity index (χ0v) is 10.3. The van der Waals surface area contributed by atoms with Gasteiger partial charge in [0.25, 0.3) is 0 Å². The monoisotopic (exact) mass is 206 g/mol. The van der Waals surface area contributed by atoms with Gasteiger partial charge >= 0.3 is 0 Å². The Bertz CT molecular complexity index is 265. The molecule has 0 saturated heterocycles. The van der Waals surface area contributed by atoms with Crippen molar-refractivity contribution in [3.05, 3.63) is 35.5 Å². The molecule has 0 bridgehead atoms. The number of carbonyl (C=O) groups excluding carboxylic acids is 1. The van der Waals surface area contributed by atoms with Gasteiger partial charge in [-0.2, -0.15) is 0 Å². The van der Waals surface area contributed by atoms with E-state index in [9.17, 15) is 4.79 Å². The van der Waals surface area contributed by atoms with E-state index < -0.39 is 0 Å². The molecule has 0 spiro atoms. The van der Waals surface area contributed by atoms with Crippen LogP contribution in [0.4, 0.5) is 0 Å². The highest BCUT2D eigenvalue weighted by atomic mass is 16.1. The Balaban J connectivity index is 3.88. The van der Waals surface area contributed by atoms with Crippen LogP contribution in [0.1, 0.15) is 40.5 Å². The van der Waals surface area contributed by atoms with Gasteiger partial charge in [-0.05, 0) is 45.1 Å². The summed E-state index contributed by atoms with van der Waals surface area (Å²) in [4.78, 5) is 10.3. The molecule has 0 aliphatic carbocycles. The maximum Gasteiger partial charge on any atom is 0.145 e. The Kier molecular flexibility index (Phi) is 7.61. The molecular weight excluding hydrogens is 184 g/mol. The molecular formula is C14H22O. The summed E-state index contributed by atoms with van der Waals surface area (Å²) in [6.45, 7) is 8.25. The maximum absolute atomic E-state index is 10.3. The second-order valence-corrected chi connectivity index (χ2v) is 4.25. The van der Waals surface area contributed by atoms with Gasteiger partial charge in [0, 0.05) is 0 Å². The van der Waals surface area contributed by atoms with Gasteiger partial charge in [-0.1, -0.05) is 36.8 Å². The highest BCUT2D eigenvalue weighted by Crippen LogP contribution is 2.09. The second kappa shape index (κ2) is 8.22. The van der Waals surface area contributed by atoms with Gasteiger partial charge in [-0.15, -0.1) is 0 Å². The third-order valence-corrected chi connectivity index (χ3v) is 2.16. The van der Waals surface area contributed by atoms with E-state index in [1.165, 1.54) is 5.57 Å². The molecule has 1 nitrogen and oxygen atoms in total. The normalized spacial score (nSPS) is 14.0. The van der Waals surface area contributed by atoms with Crippen LogP contribution in [-0.4, -0.2) is 6.29 Å². The first-order valence-corrected chi connectivity index (χ1v) is 5.50. The van der Waals surface area contributed by atoms with E-state index in [-0.39, 0.29) is 0 Å². The van der Waals surface area contributed by atoms with Crippen molar-refractivity contribution in [3.8, 4) is 0 Å². The second-order valence-electron chi connectivity index (χ2n) is 4.25. The average molecular weight is 206 g/mol. The molecule has 0 aliphatic heterocycles. The summed E-state index contributed by atoms with van der Waals surface area (Å²) in [6.07, 6.45) is 11.4. The zero-order chi connectivity index (χ0) is 11.7. The molecule has 0 N–H and O–H groups in total. The lowest BCUT2D eigenvalue weighted by Crippen LogP contribution is -1.87. The molecule has 1 unspecified atom stereocenters. The molecule has 0 saturated carbocycles. The van der Waals surface area contributed by atoms with E-state index in [1.807, 2.05) is 19.1 Å². The molecule has 1 heteroatoms. The van der Waals surface area contributed by atoms with E-state index in [0.717, 1.165) is 24.7 Å². The van der Waals surface area contributed by atoms with Gasteiger partial charge in [0.2, 0.25) is 0 Å². The van der Waals surface area contributed by atoms with Gasteiger partial charge < -0.3 is 0 Å². The number of hydrogen-bond donors (Lipinski definition) is 0. The minimum atomic E-state index is 0.566. The minimum absolute atomic E-state index is 0.566. The number of carbonyl (C=O) groups is 1. The Morgan fingerprint density at radius 1 is 1.27 bits per heavy atom. The highest BCUT2D eigenvalue weighted by Gasteiger charge is 1.94. The van der Waals surface area contributed by atoms with Gasteiger partial charge in [0.1, 0.15) is 6.29 Å². The summed E-state index contributed by atoms with van der Waals surface area (Å²) in [6, 6.07) is 0. The molecule has 0 fully saturated rings. The largest absolute Gasteiger partial charge is 0.298 e. The molecule has 0 aliphatic rings. The van der Waals surface area contributed by atoms with Crippen molar-refractivity contribution < 1.29 is 4.79 Å². The molecule has 0 heterocycles. The first kappa shape index (κ1) is 13.9. The predicted octanol–water partition coefficient (Wildman–Crippen LogP) is 4.07. The van der Waals surface area contributed by atoms with Crippen molar-refractivity contribution in [3.63, 3.8) is 0 Å². The fourth-order valence-corrected chi connectivity index (χ4v) is 1.17. The van der Waals surface area contributed by atoms with Crippen LogP contribution in [-0.2, 0) is 4.79 Å². The SMILES string of the molecule is CC(C)=CCCC(C)/C=C/C=C(\C)C=O. The van der Waals surface area contributed by atoms with Crippen LogP contribution in [0.2, 0.25) is 0 Å². The number of allylic oxidation sites excluding steroid dienone is 6. The smallest absolute Gasteiger partial charge is 0.145 e. The van der Waals surface area contributed by atoms with E-state index in [1.54, 1.807) is 0 Å². The molecule has 0 aromatic heterocycles. The number of hydrogen-bond acceptors (Lipinski definition) is 1. The Morgan fingerprint density at radius 2 is 1.93 bits per heavy atom. The van der Waals surface area contributed by atoms with E-state index >= 15 is 0 Å². The zero-order valence-electron chi connectivity index (χ0n) is 10.3. The number of aldehydes is 1. The van der Waals surface area contributed by atoms with E-state index in [2.05, 4.69) is 32.9 Å². The van der Waals surface area contributed by atoms with Crippen LogP contribution >= 0.6 is 0 Å². The standard InChI is InChI=1S/C14H22O/c1-12(2)7-5-8-13(3)9-6-10-14(4)11-15/h6-7,9-11,13H,5,8H2,1-4H3/b9-6+,14-10+. The van der Waals surface area contributed by atoms with Crippen molar-refractivity contribution in [2.24, 2.45) is 5.92 Å². The van der Waals surface area contributed by atoms with Crippen LogP contribution < -0.4 is 0 Å². The third-order valence-electron chi connectivity index (χ3n) is 2.16. The lowest BCUT2D eigenvalue weighted by Gasteiger charge is -2.02. The lowest BCUT2D eigenvalue weighted by molar-refractivity contribution is -0.104. The lowest BCUT2D eigenvalue weighted by atomic mass is 10.0. The van der Waals surface area contributed by atoms with Crippen molar-refractivity contribution in [1.29, 1.82) is 0 Å². The summed E-state index contributed by atoms with van der Waals surface area (Å²) in [7, 11) is 0. The fourth-order valence-electron chi connectivity index (χ4n) is 1.17. The van der Waals surface area contributed by atoms with Crippen LogP contribution in [0.3, 0.4) is 0 Å². The molecule has 0 radical (unpaired) electrons. The van der Waals surface area contributed by atoms with Crippen LogP contribution in [0.25, 0.3) is 0 Å². The molecule has 0 amide bonds. The highest BCUT2D eigenvalue weighted by molar-refractivity contribution is 5.72. The Morgan fingerprint density at radius 3 is 2.47 bits per heavy atom. The maximum atomic E-state index is 10.3. The summed E-state index contributed by atoms with van der Waals surface area (Å²) >= 11 is 0. The summed E-state index contributed by atoms with van der Waals surface area (Å²) in [5, 5.41) is 0. The van der Waals surface area contributed by atoms with Crippen molar-refractivity contribution in [2.75, 3.05) is 0 Å². The average Bonchev–Trinajstić information content (AvgIpc) is 2.17. The third kappa shape index (κ3) is 9.20. The molecule has 0 aromatic carbocycles. The summed E-state index contributed by atoms with van der Waals surface area (Å²) in [5.74, 6) is 0.566. The molecule has 1 atom stereocenters. The summed E-state index contributed by atoms with van der Waals surface area (Å²) in [5.41, 5.74) is 2.14. The van der Waals surface area contributed by atoms with Gasteiger partial charge in [-0.25, -0.2) is 0 Å². The van der Waals surface area contributed by atoms with E-state index in [4.69, 9.17) is 0 Å². The first-order valence-electron chi connectivity index (χ1n) is 5.50. The van der Waals surface area contributed by atoms with Crippen molar-refractivity contribution in [1.82, 2.24) is 0 Å². The van der Waals surface area contributed by atoms with Gasteiger partial charge in [-0.3, -0.25) is 4.79 Å². The Labute approximate surface area is 93.6 Å². The van der Waals surface area contributed by atoms with Crippen molar-refractivity contribution in [2.45, 2.75) is 40.5 Å². The summed E-state index contributed by atoms with van der Waals surface area (Å²) < 4.78 is 0. The van der Waals surface area contributed by atoms with Crippen LogP contribution in [0, 0.1) is 5.92 Å². The van der Waals surface area contributed by atoms with Crippen LogP contribution in [0.5, 0.6) is 0 Å². The van der Waals surface area contributed by atoms with Crippen LogP contribution in [0.15, 0.2) is 35.5 Å². The first-order chi connectivity index (χ1) is 7.06. The molecule has 0 aromatic rings. The molecule has 84 valence electrons. The topological polar surface area (TPSA) is 17.1 Å².